The number of benzene rings is 2. The van der Waals surface area contributed by atoms with E-state index in [-0.39, 0.29) is 5.02 Å². The van der Waals surface area contributed by atoms with Crippen molar-refractivity contribution in [3.05, 3.63) is 57.8 Å². The van der Waals surface area contributed by atoms with Crippen molar-refractivity contribution >= 4 is 23.2 Å². The van der Waals surface area contributed by atoms with E-state index in [0.717, 1.165) is 12.1 Å². The predicted molar refractivity (Wildman–Crippen MR) is 75.7 cm³/mol. The smallest absolute Gasteiger partial charge is 0.146 e. The maximum Gasteiger partial charge on any atom is 0.146 e. The van der Waals surface area contributed by atoms with Gasteiger partial charge >= 0.3 is 0 Å². The van der Waals surface area contributed by atoms with Gasteiger partial charge in [-0.3, -0.25) is 0 Å². The number of hydrogen-bond acceptors (Lipinski definition) is 2. The molecule has 0 aliphatic heterocycles. The summed E-state index contributed by atoms with van der Waals surface area (Å²) < 4.78 is 18.6. The lowest BCUT2D eigenvalue weighted by Gasteiger charge is -2.09. The van der Waals surface area contributed by atoms with Gasteiger partial charge in [0.05, 0.1) is 10.0 Å². The molecule has 0 saturated heterocycles. The highest BCUT2D eigenvalue weighted by molar-refractivity contribution is 6.32. The van der Waals surface area contributed by atoms with Crippen LogP contribution in [-0.4, -0.2) is 7.05 Å². The Balaban J connectivity index is 2.20. The van der Waals surface area contributed by atoms with Crippen LogP contribution in [0.1, 0.15) is 5.56 Å². The quantitative estimate of drug-likeness (QED) is 0.888. The van der Waals surface area contributed by atoms with E-state index in [1.165, 1.54) is 18.2 Å². The molecule has 0 heterocycles. The molecule has 2 aromatic carbocycles. The first-order chi connectivity index (χ1) is 9.10. The van der Waals surface area contributed by atoms with Gasteiger partial charge in [-0.1, -0.05) is 29.3 Å². The lowest BCUT2D eigenvalue weighted by atomic mass is 10.2. The first-order valence-corrected chi connectivity index (χ1v) is 6.41. The average molecular weight is 300 g/mol. The summed E-state index contributed by atoms with van der Waals surface area (Å²) in [4.78, 5) is 0. The number of hydrogen-bond donors (Lipinski definition) is 1. The second-order valence-electron chi connectivity index (χ2n) is 3.97. The SMILES string of the molecule is CNCc1ccc(Oc2ccc(F)c(Cl)c2)c(Cl)c1. The van der Waals surface area contributed by atoms with Crippen molar-refractivity contribution in [2.24, 2.45) is 0 Å². The van der Waals surface area contributed by atoms with Crippen molar-refractivity contribution < 1.29 is 9.13 Å². The van der Waals surface area contributed by atoms with E-state index in [1.807, 2.05) is 19.2 Å². The molecule has 2 aromatic rings. The molecule has 0 fully saturated rings. The third kappa shape index (κ3) is 3.60. The summed E-state index contributed by atoms with van der Waals surface area (Å²) in [5.74, 6) is 0.461. The molecule has 2 nitrogen and oxygen atoms in total. The van der Waals surface area contributed by atoms with Gasteiger partial charge in [0.2, 0.25) is 0 Å². The Morgan fingerprint density at radius 1 is 1.11 bits per heavy atom. The molecule has 0 aromatic heterocycles. The largest absolute Gasteiger partial charge is 0.456 e. The van der Waals surface area contributed by atoms with Gasteiger partial charge in [-0.25, -0.2) is 4.39 Å². The van der Waals surface area contributed by atoms with E-state index >= 15 is 0 Å². The van der Waals surface area contributed by atoms with Crippen LogP contribution in [0, 0.1) is 5.82 Å². The van der Waals surface area contributed by atoms with Crippen LogP contribution in [0.2, 0.25) is 10.0 Å². The third-order valence-corrected chi connectivity index (χ3v) is 3.08. The first kappa shape index (κ1) is 14.1. The van der Waals surface area contributed by atoms with Gasteiger partial charge in [-0.15, -0.1) is 0 Å². The number of halogens is 3. The molecule has 0 amide bonds. The summed E-state index contributed by atoms with van der Waals surface area (Å²) in [5.41, 5.74) is 1.05. The minimum Gasteiger partial charge on any atom is -0.456 e. The summed E-state index contributed by atoms with van der Waals surface area (Å²) in [6, 6.07) is 9.66. The Morgan fingerprint density at radius 2 is 1.89 bits per heavy atom. The Labute approximate surface area is 121 Å². The fourth-order valence-corrected chi connectivity index (χ4v) is 2.02. The van der Waals surface area contributed by atoms with Crippen LogP contribution in [0.5, 0.6) is 11.5 Å². The molecule has 5 heteroatoms. The Kier molecular flexibility index (Phi) is 4.64. The van der Waals surface area contributed by atoms with Crippen molar-refractivity contribution in [2.75, 3.05) is 7.05 Å². The Morgan fingerprint density at radius 3 is 2.53 bits per heavy atom. The molecule has 1 N–H and O–H groups in total. The van der Waals surface area contributed by atoms with Crippen LogP contribution in [0.15, 0.2) is 36.4 Å². The van der Waals surface area contributed by atoms with Gasteiger partial charge in [0.1, 0.15) is 17.3 Å². The van der Waals surface area contributed by atoms with E-state index in [1.54, 1.807) is 6.07 Å². The molecular formula is C14H12Cl2FNO. The molecule has 19 heavy (non-hydrogen) atoms. The zero-order valence-electron chi connectivity index (χ0n) is 10.2. The minimum absolute atomic E-state index is 0.0143. The molecule has 0 radical (unpaired) electrons. The highest BCUT2D eigenvalue weighted by atomic mass is 35.5. The lowest BCUT2D eigenvalue weighted by Crippen LogP contribution is -2.04. The maximum absolute atomic E-state index is 13.0. The topological polar surface area (TPSA) is 21.3 Å². The Hall–Kier alpha value is -1.29. The van der Waals surface area contributed by atoms with Gasteiger partial charge in [0.25, 0.3) is 0 Å². The summed E-state index contributed by atoms with van der Waals surface area (Å²) in [6.07, 6.45) is 0. The molecule has 0 saturated carbocycles. The van der Waals surface area contributed by atoms with E-state index in [0.29, 0.717) is 16.5 Å². The van der Waals surface area contributed by atoms with Crippen LogP contribution in [-0.2, 0) is 6.54 Å². The summed E-state index contributed by atoms with van der Waals surface area (Å²) in [5, 5.41) is 3.54. The van der Waals surface area contributed by atoms with Crippen molar-refractivity contribution in [2.45, 2.75) is 6.54 Å². The van der Waals surface area contributed by atoms with Gasteiger partial charge < -0.3 is 10.1 Å². The minimum atomic E-state index is -0.482. The predicted octanol–water partition coefficient (Wildman–Crippen LogP) is 4.64. The normalized spacial score (nSPS) is 10.5. The fraction of sp³-hybridized carbons (Fsp3) is 0.143. The van der Waals surface area contributed by atoms with Gasteiger partial charge in [-0.2, -0.15) is 0 Å². The lowest BCUT2D eigenvalue weighted by molar-refractivity contribution is 0.480. The van der Waals surface area contributed by atoms with Gasteiger partial charge in [0.15, 0.2) is 0 Å². The molecule has 0 bridgehead atoms. The van der Waals surface area contributed by atoms with Crippen molar-refractivity contribution in [1.82, 2.24) is 5.32 Å². The summed E-state index contributed by atoms with van der Waals surface area (Å²) in [6.45, 7) is 0.725. The number of nitrogens with one attached hydrogen (secondary N) is 1. The Bertz CT molecular complexity index is 590. The maximum atomic E-state index is 13.0. The molecule has 0 aliphatic carbocycles. The average Bonchev–Trinajstić information content (AvgIpc) is 2.37. The monoisotopic (exact) mass is 299 g/mol. The highest BCUT2D eigenvalue weighted by Crippen LogP contribution is 2.31. The zero-order valence-corrected chi connectivity index (χ0v) is 11.7. The molecule has 0 aliphatic rings. The molecule has 0 spiro atoms. The second kappa shape index (κ2) is 6.24. The summed E-state index contributed by atoms with van der Waals surface area (Å²) >= 11 is 11.8. The van der Waals surface area contributed by atoms with Crippen LogP contribution in [0.4, 0.5) is 4.39 Å². The van der Waals surface area contributed by atoms with Crippen molar-refractivity contribution in [1.29, 1.82) is 0 Å². The van der Waals surface area contributed by atoms with Crippen LogP contribution in [0.25, 0.3) is 0 Å². The number of ether oxygens (including phenoxy) is 1. The molecular weight excluding hydrogens is 288 g/mol. The van der Waals surface area contributed by atoms with Crippen LogP contribution >= 0.6 is 23.2 Å². The molecule has 0 atom stereocenters. The first-order valence-electron chi connectivity index (χ1n) is 5.66. The van der Waals surface area contributed by atoms with E-state index in [9.17, 15) is 4.39 Å². The second-order valence-corrected chi connectivity index (χ2v) is 4.79. The zero-order chi connectivity index (χ0) is 13.8. The van der Waals surface area contributed by atoms with Crippen LogP contribution < -0.4 is 10.1 Å². The highest BCUT2D eigenvalue weighted by Gasteiger charge is 2.06. The molecule has 100 valence electrons. The summed E-state index contributed by atoms with van der Waals surface area (Å²) in [7, 11) is 1.86. The van der Waals surface area contributed by atoms with E-state index in [2.05, 4.69) is 5.32 Å². The van der Waals surface area contributed by atoms with Crippen LogP contribution in [0.3, 0.4) is 0 Å². The third-order valence-electron chi connectivity index (χ3n) is 2.50. The standard InChI is InChI=1S/C14H12Cl2FNO/c1-18-8-9-2-5-14(12(16)6-9)19-10-3-4-13(17)11(15)7-10/h2-7,18H,8H2,1H3. The van der Waals surface area contributed by atoms with Gasteiger partial charge in [0, 0.05) is 12.6 Å². The van der Waals surface area contributed by atoms with Crippen molar-refractivity contribution in [3.8, 4) is 11.5 Å². The fourth-order valence-electron chi connectivity index (χ4n) is 1.61. The van der Waals surface area contributed by atoms with E-state index in [4.69, 9.17) is 27.9 Å². The van der Waals surface area contributed by atoms with Gasteiger partial charge in [-0.05, 0) is 36.9 Å². The number of rotatable bonds is 4. The molecule has 0 unspecified atom stereocenters. The molecule has 2 rings (SSSR count). The van der Waals surface area contributed by atoms with Crippen molar-refractivity contribution in [3.63, 3.8) is 0 Å². The van der Waals surface area contributed by atoms with E-state index < -0.39 is 5.82 Å².